The summed E-state index contributed by atoms with van der Waals surface area (Å²) in [5, 5.41) is 0. The van der Waals surface area contributed by atoms with E-state index in [0.29, 0.717) is 12.1 Å². The van der Waals surface area contributed by atoms with Crippen molar-refractivity contribution in [3.8, 4) is 0 Å². The van der Waals surface area contributed by atoms with Crippen LogP contribution in [0, 0.1) is 5.92 Å². The van der Waals surface area contributed by atoms with E-state index in [1.54, 1.807) is 0 Å². The van der Waals surface area contributed by atoms with Crippen LogP contribution >= 0.6 is 0 Å². The molecule has 0 bridgehead atoms. The number of nitrogens with zero attached hydrogens (tertiary/aromatic N) is 2. The van der Waals surface area contributed by atoms with Gasteiger partial charge in [0.05, 0.1) is 0 Å². The second-order valence-corrected chi connectivity index (χ2v) is 5.53. The molecular formula is C12H25N3. The Morgan fingerprint density at radius 3 is 2.67 bits per heavy atom. The van der Waals surface area contributed by atoms with Crippen LogP contribution in [0.5, 0.6) is 0 Å². The maximum absolute atomic E-state index is 5.95. The number of piperazine rings is 1. The van der Waals surface area contributed by atoms with E-state index in [1.165, 1.54) is 45.4 Å². The van der Waals surface area contributed by atoms with Gasteiger partial charge in [-0.15, -0.1) is 0 Å². The number of hydrogen-bond donors (Lipinski definition) is 1. The average Bonchev–Trinajstić information content (AvgIpc) is 2.58. The fourth-order valence-corrected chi connectivity index (χ4v) is 2.93. The molecule has 1 aliphatic carbocycles. The average molecular weight is 211 g/mol. The summed E-state index contributed by atoms with van der Waals surface area (Å²) in [6, 6.07) is 1.20. The highest BCUT2D eigenvalue weighted by Gasteiger charge is 2.26. The molecule has 0 spiro atoms. The van der Waals surface area contributed by atoms with Gasteiger partial charge in [0.1, 0.15) is 0 Å². The largest absolute Gasteiger partial charge is 0.328 e. The molecule has 1 aliphatic heterocycles. The maximum atomic E-state index is 5.95. The molecule has 0 aromatic carbocycles. The summed E-state index contributed by atoms with van der Waals surface area (Å²) in [6.45, 7) is 7.31. The molecule has 1 saturated carbocycles. The molecular weight excluding hydrogens is 186 g/mol. The molecule has 3 heteroatoms. The summed E-state index contributed by atoms with van der Waals surface area (Å²) in [7, 11) is 2.23. The molecule has 15 heavy (non-hydrogen) atoms. The summed E-state index contributed by atoms with van der Waals surface area (Å²) < 4.78 is 0. The molecule has 2 aliphatic rings. The lowest BCUT2D eigenvalue weighted by Gasteiger charge is -2.38. The second-order valence-electron chi connectivity index (χ2n) is 5.53. The Morgan fingerprint density at radius 1 is 1.27 bits per heavy atom. The van der Waals surface area contributed by atoms with Crippen LogP contribution < -0.4 is 5.73 Å². The van der Waals surface area contributed by atoms with Crippen molar-refractivity contribution in [2.75, 3.05) is 33.2 Å². The predicted molar refractivity (Wildman–Crippen MR) is 63.8 cm³/mol. The van der Waals surface area contributed by atoms with Crippen LogP contribution in [0.25, 0.3) is 0 Å². The van der Waals surface area contributed by atoms with Gasteiger partial charge < -0.3 is 15.5 Å². The highest BCUT2D eigenvalue weighted by molar-refractivity contribution is 4.83. The number of likely N-dealkylation sites (N-methyl/N-ethyl adjacent to an activating group) is 1. The van der Waals surface area contributed by atoms with E-state index in [2.05, 4.69) is 23.8 Å². The lowest BCUT2D eigenvalue weighted by molar-refractivity contribution is 0.0927. The molecule has 2 N–H and O–H groups in total. The van der Waals surface area contributed by atoms with Crippen LogP contribution in [0.15, 0.2) is 0 Å². The molecule has 1 heterocycles. The minimum absolute atomic E-state index is 0.486. The minimum Gasteiger partial charge on any atom is -0.328 e. The standard InChI is InChI=1S/C12H25N3/c1-10-8-15(6-5-14(10)2)9-11-3-4-12(13)7-11/h10-12H,3-9,13H2,1-2H3. The number of rotatable bonds is 2. The highest BCUT2D eigenvalue weighted by Crippen LogP contribution is 2.25. The molecule has 0 amide bonds. The first-order chi connectivity index (χ1) is 7.15. The Kier molecular flexibility index (Phi) is 3.65. The summed E-state index contributed by atoms with van der Waals surface area (Å²) in [6.07, 6.45) is 3.84. The smallest absolute Gasteiger partial charge is 0.0192 e. The molecule has 3 nitrogen and oxygen atoms in total. The summed E-state index contributed by atoms with van der Waals surface area (Å²) >= 11 is 0. The molecule has 88 valence electrons. The molecule has 3 unspecified atom stereocenters. The van der Waals surface area contributed by atoms with E-state index >= 15 is 0 Å². The van der Waals surface area contributed by atoms with E-state index in [4.69, 9.17) is 5.73 Å². The molecule has 0 aromatic heterocycles. The second kappa shape index (κ2) is 4.81. The molecule has 3 atom stereocenters. The third kappa shape index (κ3) is 2.92. The summed E-state index contributed by atoms with van der Waals surface area (Å²) in [5.74, 6) is 0.871. The molecule has 2 rings (SSSR count). The van der Waals surface area contributed by atoms with Crippen LogP contribution in [0.4, 0.5) is 0 Å². The first kappa shape index (κ1) is 11.4. The number of hydrogen-bond acceptors (Lipinski definition) is 3. The maximum Gasteiger partial charge on any atom is 0.0192 e. The van der Waals surface area contributed by atoms with Gasteiger partial charge in [-0.05, 0) is 39.2 Å². The van der Waals surface area contributed by atoms with E-state index in [0.717, 1.165) is 5.92 Å². The third-order valence-corrected chi connectivity index (χ3v) is 4.14. The van der Waals surface area contributed by atoms with Crippen molar-refractivity contribution in [1.29, 1.82) is 0 Å². The fraction of sp³-hybridized carbons (Fsp3) is 1.00. The van der Waals surface area contributed by atoms with Crippen molar-refractivity contribution in [2.24, 2.45) is 11.7 Å². The van der Waals surface area contributed by atoms with Crippen LogP contribution in [-0.4, -0.2) is 55.1 Å². The Balaban J connectivity index is 1.75. The predicted octanol–water partition coefficient (Wildman–Crippen LogP) is 0.750. The summed E-state index contributed by atoms with van der Waals surface area (Å²) in [5.41, 5.74) is 5.95. The van der Waals surface area contributed by atoms with Crippen molar-refractivity contribution in [3.05, 3.63) is 0 Å². The quantitative estimate of drug-likeness (QED) is 0.731. The fourth-order valence-electron chi connectivity index (χ4n) is 2.93. The molecule has 0 radical (unpaired) electrons. The van der Waals surface area contributed by atoms with Crippen molar-refractivity contribution < 1.29 is 0 Å². The Bertz CT molecular complexity index is 207. The van der Waals surface area contributed by atoms with E-state index < -0.39 is 0 Å². The van der Waals surface area contributed by atoms with E-state index in [9.17, 15) is 0 Å². The number of nitrogens with two attached hydrogens (primary N) is 1. The first-order valence-corrected chi connectivity index (χ1v) is 6.33. The van der Waals surface area contributed by atoms with Gasteiger partial charge in [0.15, 0.2) is 0 Å². The Hall–Kier alpha value is -0.120. The van der Waals surface area contributed by atoms with Crippen LogP contribution in [0.2, 0.25) is 0 Å². The zero-order valence-electron chi connectivity index (χ0n) is 10.2. The van der Waals surface area contributed by atoms with E-state index in [1.807, 2.05) is 0 Å². The van der Waals surface area contributed by atoms with Crippen LogP contribution in [-0.2, 0) is 0 Å². The van der Waals surface area contributed by atoms with Gasteiger partial charge in [-0.3, -0.25) is 0 Å². The highest BCUT2D eigenvalue weighted by atomic mass is 15.3. The first-order valence-electron chi connectivity index (χ1n) is 6.33. The van der Waals surface area contributed by atoms with Gasteiger partial charge in [-0.1, -0.05) is 0 Å². The molecule has 0 aromatic rings. The third-order valence-electron chi connectivity index (χ3n) is 4.14. The van der Waals surface area contributed by atoms with Gasteiger partial charge in [0.2, 0.25) is 0 Å². The van der Waals surface area contributed by atoms with E-state index in [-0.39, 0.29) is 0 Å². The van der Waals surface area contributed by atoms with Gasteiger partial charge in [-0.25, -0.2) is 0 Å². The van der Waals surface area contributed by atoms with Crippen LogP contribution in [0.3, 0.4) is 0 Å². The van der Waals surface area contributed by atoms with Crippen molar-refractivity contribution in [1.82, 2.24) is 9.80 Å². The van der Waals surface area contributed by atoms with Gasteiger partial charge >= 0.3 is 0 Å². The SMILES string of the molecule is CC1CN(CC2CCC(N)C2)CCN1C. The zero-order chi connectivity index (χ0) is 10.8. The van der Waals surface area contributed by atoms with Gasteiger partial charge in [0.25, 0.3) is 0 Å². The lowest BCUT2D eigenvalue weighted by atomic mass is 10.1. The van der Waals surface area contributed by atoms with Gasteiger partial charge in [0, 0.05) is 38.3 Å². The lowest BCUT2D eigenvalue weighted by Crippen LogP contribution is -2.51. The monoisotopic (exact) mass is 211 g/mol. The van der Waals surface area contributed by atoms with Crippen molar-refractivity contribution in [3.63, 3.8) is 0 Å². The Morgan fingerprint density at radius 2 is 2.07 bits per heavy atom. The normalized spacial score (nSPS) is 39.8. The molecule has 2 fully saturated rings. The topological polar surface area (TPSA) is 32.5 Å². The van der Waals surface area contributed by atoms with Gasteiger partial charge in [-0.2, -0.15) is 0 Å². The zero-order valence-corrected chi connectivity index (χ0v) is 10.2. The Labute approximate surface area is 93.6 Å². The van der Waals surface area contributed by atoms with Crippen molar-refractivity contribution in [2.45, 2.75) is 38.3 Å². The molecule has 1 saturated heterocycles. The van der Waals surface area contributed by atoms with Crippen molar-refractivity contribution >= 4 is 0 Å². The van der Waals surface area contributed by atoms with Crippen LogP contribution in [0.1, 0.15) is 26.2 Å². The minimum atomic E-state index is 0.486. The summed E-state index contributed by atoms with van der Waals surface area (Å²) in [4.78, 5) is 5.09.